The van der Waals surface area contributed by atoms with E-state index in [4.69, 9.17) is 16.7 Å². The summed E-state index contributed by atoms with van der Waals surface area (Å²) in [6.45, 7) is 1.77. The number of halogens is 1. The molecule has 0 heterocycles. The van der Waals surface area contributed by atoms with Gasteiger partial charge in [0.05, 0.1) is 10.9 Å². The van der Waals surface area contributed by atoms with E-state index in [0.29, 0.717) is 0 Å². The highest BCUT2D eigenvalue weighted by molar-refractivity contribution is 7.89. The molecule has 1 amide bonds. The number of carbonyl (C=O) groups is 1. The fourth-order valence-electron chi connectivity index (χ4n) is 1.31. The zero-order chi connectivity index (χ0) is 13.1. The molecule has 5 nitrogen and oxygen atoms in total. The van der Waals surface area contributed by atoms with Crippen LogP contribution < -0.4 is 10.5 Å². The molecule has 0 aliphatic rings. The Labute approximate surface area is 105 Å². The number of nitrogens with one attached hydrogen (secondary N) is 1. The standard InChI is InChI=1S/C10H13ClN2O3S/c1-7(13-10(14)6-11)8-2-4-9(5-3-8)17(12,15)16/h2-5,7H,6H2,1H3,(H,13,14)(H2,12,15,16)/t7-/m1/s1. The van der Waals surface area contributed by atoms with Gasteiger partial charge in [-0.1, -0.05) is 12.1 Å². The summed E-state index contributed by atoms with van der Waals surface area (Å²) in [5.74, 6) is -0.394. The predicted octanol–water partition coefficient (Wildman–Crippen LogP) is 0.750. The maximum Gasteiger partial charge on any atom is 0.238 e. The first kappa shape index (κ1) is 14.0. The molecule has 3 N–H and O–H groups in total. The Bertz CT molecular complexity index is 499. The van der Waals surface area contributed by atoms with E-state index in [-0.39, 0.29) is 22.7 Å². The van der Waals surface area contributed by atoms with E-state index in [0.717, 1.165) is 5.56 Å². The van der Waals surface area contributed by atoms with Crippen molar-refractivity contribution in [1.29, 1.82) is 0 Å². The van der Waals surface area contributed by atoms with Crippen LogP contribution in [0.3, 0.4) is 0 Å². The van der Waals surface area contributed by atoms with Crippen LogP contribution in [0.2, 0.25) is 0 Å². The number of primary sulfonamides is 1. The van der Waals surface area contributed by atoms with Gasteiger partial charge < -0.3 is 5.32 Å². The Morgan fingerprint density at radius 1 is 1.41 bits per heavy atom. The van der Waals surface area contributed by atoms with Crippen molar-refractivity contribution < 1.29 is 13.2 Å². The quantitative estimate of drug-likeness (QED) is 0.795. The topological polar surface area (TPSA) is 89.3 Å². The van der Waals surface area contributed by atoms with E-state index >= 15 is 0 Å². The van der Waals surface area contributed by atoms with Crippen molar-refractivity contribution in [3.63, 3.8) is 0 Å². The third-order valence-electron chi connectivity index (χ3n) is 2.21. The predicted molar refractivity (Wildman–Crippen MR) is 65.1 cm³/mol. The molecule has 0 aliphatic heterocycles. The van der Waals surface area contributed by atoms with Gasteiger partial charge in [-0.05, 0) is 24.6 Å². The number of sulfonamides is 1. The first-order chi connectivity index (χ1) is 7.84. The molecule has 1 atom stereocenters. The van der Waals surface area contributed by atoms with Crippen molar-refractivity contribution >= 4 is 27.5 Å². The number of benzene rings is 1. The zero-order valence-electron chi connectivity index (χ0n) is 9.18. The maximum absolute atomic E-state index is 11.1. The lowest BCUT2D eigenvalue weighted by atomic mass is 10.1. The van der Waals surface area contributed by atoms with Gasteiger partial charge in [-0.3, -0.25) is 4.79 Å². The van der Waals surface area contributed by atoms with Crippen LogP contribution >= 0.6 is 11.6 Å². The summed E-state index contributed by atoms with van der Waals surface area (Å²) in [5.41, 5.74) is 0.774. The summed E-state index contributed by atoms with van der Waals surface area (Å²) in [6, 6.07) is 5.75. The summed E-state index contributed by atoms with van der Waals surface area (Å²) in [6.07, 6.45) is 0. The highest BCUT2D eigenvalue weighted by Crippen LogP contribution is 2.15. The summed E-state index contributed by atoms with van der Waals surface area (Å²) in [5, 5.41) is 7.62. The van der Waals surface area contributed by atoms with Gasteiger partial charge in [0.1, 0.15) is 5.88 Å². The molecule has 1 aromatic carbocycles. The number of alkyl halides is 1. The van der Waals surface area contributed by atoms with Crippen LogP contribution in [-0.2, 0) is 14.8 Å². The van der Waals surface area contributed by atoms with Crippen LogP contribution in [-0.4, -0.2) is 20.2 Å². The van der Waals surface area contributed by atoms with Gasteiger partial charge in [0, 0.05) is 0 Å². The van der Waals surface area contributed by atoms with E-state index < -0.39 is 10.0 Å². The molecule has 94 valence electrons. The smallest absolute Gasteiger partial charge is 0.238 e. The highest BCUT2D eigenvalue weighted by Gasteiger charge is 2.11. The van der Waals surface area contributed by atoms with Gasteiger partial charge in [-0.15, -0.1) is 11.6 Å². The largest absolute Gasteiger partial charge is 0.349 e. The average Bonchev–Trinajstić information content (AvgIpc) is 2.27. The van der Waals surface area contributed by atoms with Crippen LogP contribution in [0.15, 0.2) is 29.2 Å². The van der Waals surface area contributed by atoms with Crippen LogP contribution in [0.1, 0.15) is 18.5 Å². The minimum absolute atomic E-state index is 0.0390. The first-order valence-electron chi connectivity index (χ1n) is 4.82. The number of amides is 1. The number of rotatable bonds is 4. The molecule has 0 saturated heterocycles. The minimum Gasteiger partial charge on any atom is -0.349 e. The lowest BCUT2D eigenvalue weighted by molar-refractivity contribution is -0.119. The Balaban J connectivity index is 2.84. The number of hydrogen-bond donors (Lipinski definition) is 2. The monoisotopic (exact) mass is 276 g/mol. The lowest BCUT2D eigenvalue weighted by Gasteiger charge is -2.13. The molecule has 0 unspecified atom stereocenters. The summed E-state index contributed by atoms with van der Waals surface area (Å²) < 4.78 is 22.1. The van der Waals surface area contributed by atoms with Gasteiger partial charge >= 0.3 is 0 Å². The molecule has 0 saturated carbocycles. The highest BCUT2D eigenvalue weighted by atomic mass is 35.5. The molecule has 0 radical (unpaired) electrons. The SMILES string of the molecule is C[C@@H](NC(=O)CCl)c1ccc(S(N)(=O)=O)cc1. The second-order valence-electron chi connectivity index (χ2n) is 3.54. The van der Waals surface area contributed by atoms with Gasteiger partial charge in [-0.2, -0.15) is 0 Å². The molecular formula is C10H13ClN2O3S. The maximum atomic E-state index is 11.1. The normalized spacial score (nSPS) is 13.1. The van der Waals surface area contributed by atoms with E-state index in [1.54, 1.807) is 19.1 Å². The van der Waals surface area contributed by atoms with E-state index in [9.17, 15) is 13.2 Å². The van der Waals surface area contributed by atoms with E-state index in [1.165, 1.54) is 12.1 Å². The molecular weight excluding hydrogens is 264 g/mol. The molecule has 7 heteroatoms. The molecule has 1 rings (SSSR count). The van der Waals surface area contributed by atoms with Crippen molar-refractivity contribution in [3.8, 4) is 0 Å². The van der Waals surface area contributed by atoms with Crippen molar-refractivity contribution in [2.45, 2.75) is 17.9 Å². The van der Waals surface area contributed by atoms with Crippen LogP contribution in [0.5, 0.6) is 0 Å². The third kappa shape index (κ3) is 3.99. The minimum atomic E-state index is -3.68. The number of nitrogens with two attached hydrogens (primary N) is 1. The van der Waals surface area contributed by atoms with Crippen molar-refractivity contribution in [2.24, 2.45) is 5.14 Å². The molecule has 0 aromatic heterocycles. The van der Waals surface area contributed by atoms with Crippen LogP contribution in [0, 0.1) is 0 Å². The molecule has 17 heavy (non-hydrogen) atoms. The lowest BCUT2D eigenvalue weighted by Crippen LogP contribution is -2.27. The number of hydrogen-bond acceptors (Lipinski definition) is 3. The first-order valence-corrected chi connectivity index (χ1v) is 6.91. The molecule has 0 bridgehead atoms. The van der Waals surface area contributed by atoms with Gasteiger partial charge in [-0.25, -0.2) is 13.6 Å². The van der Waals surface area contributed by atoms with Crippen LogP contribution in [0.25, 0.3) is 0 Å². The Morgan fingerprint density at radius 3 is 2.35 bits per heavy atom. The van der Waals surface area contributed by atoms with Crippen molar-refractivity contribution in [1.82, 2.24) is 5.32 Å². The second-order valence-corrected chi connectivity index (χ2v) is 5.37. The van der Waals surface area contributed by atoms with Crippen molar-refractivity contribution in [3.05, 3.63) is 29.8 Å². The fraction of sp³-hybridized carbons (Fsp3) is 0.300. The Morgan fingerprint density at radius 2 is 1.94 bits per heavy atom. The zero-order valence-corrected chi connectivity index (χ0v) is 10.8. The average molecular weight is 277 g/mol. The molecule has 0 spiro atoms. The fourth-order valence-corrected chi connectivity index (χ4v) is 1.90. The third-order valence-corrected chi connectivity index (χ3v) is 3.38. The second kappa shape index (κ2) is 5.48. The number of carbonyl (C=O) groups excluding carboxylic acids is 1. The Kier molecular flexibility index (Phi) is 4.50. The molecule has 0 fully saturated rings. The Hall–Kier alpha value is -1.11. The molecule has 1 aromatic rings. The summed E-state index contributed by atoms with van der Waals surface area (Å²) in [7, 11) is -3.68. The van der Waals surface area contributed by atoms with Gasteiger partial charge in [0.25, 0.3) is 0 Å². The molecule has 0 aliphatic carbocycles. The van der Waals surface area contributed by atoms with Gasteiger partial charge in [0.2, 0.25) is 15.9 Å². The van der Waals surface area contributed by atoms with Crippen LogP contribution in [0.4, 0.5) is 0 Å². The summed E-state index contributed by atoms with van der Waals surface area (Å²) >= 11 is 5.36. The van der Waals surface area contributed by atoms with E-state index in [1.807, 2.05) is 0 Å². The van der Waals surface area contributed by atoms with Gasteiger partial charge in [0.15, 0.2) is 0 Å². The van der Waals surface area contributed by atoms with E-state index in [2.05, 4.69) is 5.32 Å². The summed E-state index contributed by atoms with van der Waals surface area (Å²) in [4.78, 5) is 11.1. The van der Waals surface area contributed by atoms with Crippen molar-refractivity contribution in [2.75, 3.05) is 5.88 Å².